The van der Waals surface area contributed by atoms with Crippen LogP contribution < -0.4 is 0 Å². The number of fused-ring (bicyclic) bond motifs is 1. The van der Waals surface area contributed by atoms with Crippen molar-refractivity contribution in [2.24, 2.45) is 0 Å². The SMILES string of the molecule is CC.CS(=O)c1cc2ccc(Cl)cc2cn1. The fourth-order valence-electron chi connectivity index (χ4n) is 1.25. The van der Waals surface area contributed by atoms with Gasteiger partial charge in [0.1, 0.15) is 5.03 Å². The number of hydrogen-bond donors (Lipinski definition) is 0. The summed E-state index contributed by atoms with van der Waals surface area (Å²) in [6.45, 7) is 4.00. The maximum Gasteiger partial charge on any atom is 0.127 e. The number of pyridine rings is 1. The van der Waals surface area contributed by atoms with E-state index in [1.54, 1.807) is 12.5 Å². The van der Waals surface area contributed by atoms with Crippen LogP contribution in [0.3, 0.4) is 0 Å². The standard InChI is InChI=1S/C10H8ClNOS.C2H6/c1-14(13)10-5-7-2-3-9(11)4-8(7)6-12-10;1-2/h2-6H,1H3;1-2H3. The van der Waals surface area contributed by atoms with Crippen LogP contribution in [-0.2, 0) is 10.8 Å². The van der Waals surface area contributed by atoms with E-state index in [2.05, 4.69) is 4.98 Å². The van der Waals surface area contributed by atoms with Gasteiger partial charge in [0.05, 0.1) is 10.8 Å². The summed E-state index contributed by atoms with van der Waals surface area (Å²) in [5, 5.41) is 3.26. The molecule has 86 valence electrons. The third-order valence-corrected chi connectivity index (χ3v) is 3.00. The van der Waals surface area contributed by atoms with Crippen LogP contribution in [0.5, 0.6) is 0 Å². The molecule has 1 heterocycles. The second-order valence-electron chi connectivity index (χ2n) is 2.97. The third-order valence-electron chi connectivity index (χ3n) is 1.95. The van der Waals surface area contributed by atoms with E-state index in [4.69, 9.17) is 11.6 Å². The van der Waals surface area contributed by atoms with Gasteiger partial charge in [-0.2, -0.15) is 0 Å². The smallest absolute Gasteiger partial charge is 0.127 e. The summed E-state index contributed by atoms with van der Waals surface area (Å²) >= 11 is 5.83. The van der Waals surface area contributed by atoms with E-state index in [0.29, 0.717) is 10.0 Å². The van der Waals surface area contributed by atoms with Gasteiger partial charge < -0.3 is 0 Å². The van der Waals surface area contributed by atoms with Gasteiger partial charge in [-0.1, -0.05) is 31.5 Å². The van der Waals surface area contributed by atoms with Gasteiger partial charge in [0.15, 0.2) is 0 Å². The molecule has 1 aromatic heterocycles. The average molecular weight is 256 g/mol. The highest BCUT2D eigenvalue weighted by Gasteiger charge is 2.01. The zero-order valence-electron chi connectivity index (χ0n) is 9.53. The molecule has 4 heteroatoms. The van der Waals surface area contributed by atoms with Crippen LogP contribution in [0.1, 0.15) is 13.8 Å². The monoisotopic (exact) mass is 255 g/mol. The molecule has 0 spiro atoms. The largest absolute Gasteiger partial charge is 0.253 e. The lowest BCUT2D eigenvalue weighted by Crippen LogP contribution is -1.91. The van der Waals surface area contributed by atoms with E-state index in [-0.39, 0.29) is 0 Å². The molecule has 0 saturated carbocycles. The van der Waals surface area contributed by atoms with Gasteiger partial charge in [0.2, 0.25) is 0 Å². The van der Waals surface area contributed by atoms with Crippen LogP contribution in [0.25, 0.3) is 10.8 Å². The van der Waals surface area contributed by atoms with Crippen molar-refractivity contribution < 1.29 is 4.21 Å². The molecule has 1 aromatic carbocycles. The van der Waals surface area contributed by atoms with Crippen LogP contribution in [0.4, 0.5) is 0 Å². The molecular weight excluding hydrogens is 242 g/mol. The van der Waals surface area contributed by atoms with Crippen LogP contribution >= 0.6 is 11.6 Å². The Balaban J connectivity index is 0.000000606. The molecule has 0 aliphatic carbocycles. The molecule has 0 N–H and O–H groups in total. The number of aromatic nitrogens is 1. The molecule has 0 aliphatic heterocycles. The Labute approximate surface area is 103 Å². The lowest BCUT2D eigenvalue weighted by atomic mass is 10.2. The van der Waals surface area contributed by atoms with Crippen molar-refractivity contribution in [3.63, 3.8) is 0 Å². The van der Waals surface area contributed by atoms with E-state index < -0.39 is 10.8 Å². The van der Waals surface area contributed by atoms with Crippen molar-refractivity contribution in [1.29, 1.82) is 0 Å². The van der Waals surface area contributed by atoms with E-state index in [9.17, 15) is 4.21 Å². The van der Waals surface area contributed by atoms with Crippen molar-refractivity contribution in [3.05, 3.63) is 35.5 Å². The van der Waals surface area contributed by atoms with Gasteiger partial charge in [-0.05, 0) is 23.6 Å². The van der Waals surface area contributed by atoms with Crippen molar-refractivity contribution in [3.8, 4) is 0 Å². The van der Waals surface area contributed by atoms with Gasteiger partial charge in [-0.25, -0.2) is 4.98 Å². The summed E-state index contributed by atoms with van der Waals surface area (Å²) in [5.74, 6) is 0. The molecule has 2 aromatic rings. The number of halogens is 1. The fraction of sp³-hybridized carbons (Fsp3) is 0.250. The van der Waals surface area contributed by atoms with Gasteiger partial charge in [0, 0.05) is 22.9 Å². The Morgan fingerprint density at radius 1 is 1.19 bits per heavy atom. The third kappa shape index (κ3) is 3.03. The Morgan fingerprint density at radius 2 is 1.88 bits per heavy atom. The first kappa shape index (κ1) is 13.1. The highest BCUT2D eigenvalue weighted by atomic mass is 35.5. The normalized spacial score (nSPS) is 11.8. The summed E-state index contributed by atoms with van der Waals surface area (Å²) in [4.78, 5) is 4.09. The molecule has 16 heavy (non-hydrogen) atoms. The Kier molecular flexibility index (Phi) is 4.90. The first-order valence-electron chi connectivity index (χ1n) is 5.05. The maximum atomic E-state index is 11.2. The number of benzene rings is 1. The first-order valence-corrected chi connectivity index (χ1v) is 6.99. The summed E-state index contributed by atoms with van der Waals surface area (Å²) in [5.41, 5.74) is 0. The maximum absolute atomic E-state index is 11.2. The van der Waals surface area contributed by atoms with E-state index >= 15 is 0 Å². The second-order valence-corrected chi connectivity index (χ2v) is 4.73. The summed E-state index contributed by atoms with van der Waals surface area (Å²) < 4.78 is 11.2. The van der Waals surface area contributed by atoms with E-state index in [1.807, 2.05) is 38.1 Å². The predicted octanol–water partition coefficient (Wildman–Crippen LogP) is 3.65. The van der Waals surface area contributed by atoms with Crippen LogP contribution in [-0.4, -0.2) is 15.4 Å². The predicted molar refractivity (Wildman–Crippen MR) is 70.4 cm³/mol. The van der Waals surface area contributed by atoms with Crippen LogP contribution in [0.15, 0.2) is 35.5 Å². The summed E-state index contributed by atoms with van der Waals surface area (Å²) in [6, 6.07) is 7.37. The molecule has 0 fully saturated rings. The molecule has 0 radical (unpaired) electrons. The Morgan fingerprint density at radius 3 is 2.50 bits per heavy atom. The zero-order valence-corrected chi connectivity index (χ0v) is 11.1. The topological polar surface area (TPSA) is 30.0 Å². The summed E-state index contributed by atoms with van der Waals surface area (Å²) in [6.07, 6.45) is 3.31. The molecule has 2 nitrogen and oxygen atoms in total. The molecule has 2 rings (SSSR count). The minimum absolute atomic E-state index is 0.597. The number of rotatable bonds is 1. The highest BCUT2D eigenvalue weighted by molar-refractivity contribution is 7.84. The molecule has 0 aliphatic rings. The quantitative estimate of drug-likeness (QED) is 0.779. The summed E-state index contributed by atoms with van der Waals surface area (Å²) in [7, 11) is -1.03. The minimum Gasteiger partial charge on any atom is -0.253 e. The Bertz CT molecular complexity index is 513. The minimum atomic E-state index is -1.03. The van der Waals surface area contributed by atoms with Gasteiger partial charge in [-0.3, -0.25) is 4.21 Å². The van der Waals surface area contributed by atoms with Crippen molar-refractivity contribution >= 4 is 33.2 Å². The number of hydrogen-bond acceptors (Lipinski definition) is 2. The van der Waals surface area contributed by atoms with Gasteiger partial charge in [0.25, 0.3) is 0 Å². The number of nitrogens with zero attached hydrogens (tertiary/aromatic N) is 1. The zero-order chi connectivity index (χ0) is 12.1. The van der Waals surface area contributed by atoms with Crippen molar-refractivity contribution in [2.45, 2.75) is 18.9 Å². The molecule has 1 atom stereocenters. The van der Waals surface area contributed by atoms with Crippen LogP contribution in [0.2, 0.25) is 5.02 Å². The molecular formula is C12H14ClNOS. The Hall–Kier alpha value is -0.930. The van der Waals surface area contributed by atoms with Gasteiger partial charge >= 0.3 is 0 Å². The van der Waals surface area contributed by atoms with Crippen LogP contribution in [0, 0.1) is 0 Å². The van der Waals surface area contributed by atoms with E-state index in [0.717, 1.165) is 10.8 Å². The lowest BCUT2D eigenvalue weighted by Gasteiger charge is -2.00. The van der Waals surface area contributed by atoms with Gasteiger partial charge in [-0.15, -0.1) is 0 Å². The highest BCUT2D eigenvalue weighted by Crippen LogP contribution is 2.19. The molecule has 1 unspecified atom stereocenters. The second kappa shape index (κ2) is 5.97. The average Bonchev–Trinajstić information content (AvgIpc) is 2.30. The van der Waals surface area contributed by atoms with E-state index in [1.165, 1.54) is 0 Å². The van der Waals surface area contributed by atoms with Crippen molar-refractivity contribution in [2.75, 3.05) is 6.26 Å². The van der Waals surface area contributed by atoms with Crippen molar-refractivity contribution in [1.82, 2.24) is 4.98 Å². The fourth-order valence-corrected chi connectivity index (χ4v) is 1.92. The lowest BCUT2D eigenvalue weighted by molar-refractivity contribution is 0.684. The molecule has 0 bridgehead atoms. The molecule has 0 saturated heterocycles. The molecule has 0 amide bonds. The first-order chi connectivity index (χ1) is 7.66.